The lowest BCUT2D eigenvalue weighted by atomic mass is 9.87. The van der Waals surface area contributed by atoms with Gasteiger partial charge in [-0.3, -0.25) is 9.63 Å². The van der Waals surface area contributed by atoms with E-state index in [1.54, 1.807) is 7.11 Å². The van der Waals surface area contributed by atoms with Crippen molar-refractivity contribution in [2.45, 2.75) is 26.7 Å². The van der Waals surface area contributed by atoms with Gasteiger partial charge in [0.05, 0.1) is 13.7 Å². The summed E-state index contributed by atoms with van der Waals surface area (Å²) in [5.41, 5.74) is 2.04. The Balaban J connectivity index is 1.52. The number of hydroxylamine groups is 1. The van der Waals surface area contributed by atoms with Gasteiger partial charge in [-0.1, -0.05) is 49.4 Å². The van der Waals surface area contributed by atoms with Gasteiger partial charge in [0, 0.05) is 20.0 Å². The molecule has 0 aliphatic carbocycles. The van der Waals surface area contributed by atoms with Crippen LogP contribution in [0.5, 0.6) is 5.75 Å². The van der Waals surface area contributed by atoms with E-state index >= 15 is 0 Å². The lowest BCUT2D eigenvalue weighted by Gasteiger charge is -2.37. The van der Waals surface area contributed by atoms with Crippen LogP contribution >= 0.6 is 0 Å². The van der Waals surface area contributed by atoms with Crippen LogP contribution in [-0.4, -0.2) is 44.2 Å². The van der Waals surface area contributed by atoms with Crippen molar-refractivity contribution in [1.29, 1.82) is 0 Å². The molecule has 0 radical (unpaired) electrons. The molecule has 156 valence electrons. The summed E-state index contributed by atoms with van der Waals surface area (Å²) >= 11 is 0. The second-order valence-electron chi connectivity index (χ2n) is 7.84. The number of benzene rings is 2. The van der Waals surface area contributed by atoms with Crippen LogP contribution in [0.3, 0.4) is 0 Å². The number of methoxy groups -OCH3 is 1. The van der Waals surface area contributed by atoms with Gasteiger partial charge in [0.15, 0.2) is 0 Å². The Morgan fingerprint density at radius 1 is 1.14 bits per heavy atom. The number of hydrogen-bond donors (Lipinski definition) is 0. The van der Waals surface area contributed by atoms with Gasteiger partial charge in [-0.2, -0.15) is 5.06 Å². The van der Waals surface area contributed by atoms with Crippen LogP contribution in [0.15, 0.2) is 54.6 Å². The van der Waals surface area contributed by atoms with Crippen molar-refractivity contribution in [1.82, 2.24) is 4.90 Å². The molecule has 3 rings (SSSR count). The maximum absolute atomic E-state index is 12.2. The molecular weight excluding hydrogens is 364 g/mol. The summed E-state index contributed by atoms with van der Waals surface area (Å²) in [5, 5.41) is 1.37. The Bertz CT molecular complexity index is 781. The Morgan fingerprint density at radius 3 is 2.55 bits per heavy atom. The number of piperidine rings is 1. The molecule has 1 saturated heterocycles. The number of hydrogen-bond acceptors (Lipinski definition) is 4. The molecule has 0 spiro atoms. The van der Waals surface area contributed by atoms with Crippen LogP contribution in [0.25, 0.3) is 0 Å². The van der Waals surface area contributed by atoms with Crippen LogP contribution in [0.4, 0.5) is 5.69 Å². The van der Waals surface area contributed by atoms with Gasteiger partial charge in [-0.05, 0) is 48.9 Å². The highest BCUT2D eigenvalue weighted by molar-refractivity contribution is 5.91. The average Bonchev–Trinajstić information content (AvgIpc) is 2.74. The number of likely N-dealkylation sites (tertiary alicyclic amines) is 1. The molecule has 0 aromatic heterocycles. The zero-order chi connectivity index (χ0) is 20.6. The molecule has 5 heteroatoms. The molecule has 0 bridgehead atoms. The number of anilines is 1. The molecule has 1 heterocycles. The van der Waals surface area contributed by atoms with Crippen LogP contribution in [0.1, 0.15) is 25.8 Å². The highest BCUT2D eigenvalue weighted by Gasteiger charge is 2.28. The van der Waals surface area contributed by atoms with E-state index in [0.29, 0.717) is 29.9 Å². The van der Waals surface area contributed by atoms with Crippen molar-refractivity contribution in [3.05, 3.63) is 60.2 Å². The fourth-order valence-electron chi connectivity index (χ4n) is 3.96. The fourth-order valence-corrected chi connectivity index (χ4v) is 3.96. The molecular formula is C24H32N2O3. The summed E-state index contributed by atoms with van der Waals surface area (Å²) in [6.45, 7) is 7.55. The lowest BCUT2D eigenvalue weighted by Crippen LogP contribution is -2.43. The van der Waals surface area contributed by atoms with E-state index in [9.17, 15) is 4.79 Å². The molecule has 1 fully saturated rings. The quantitative estimate of drug-likeness (QED) is 0.628. The van der Waals surface area contributed by atoms with Crippen molar-refractivity contribution in [3.63, 3.8) is 0 Å². The Kier molecular flexibility index (Phi) is 7.67. The monoisotopic (exact) mass is 396 g/mol. The summed E-state index contributed by atoms with van der Waals surface area (Å²) in [6, 6.07) is 18.1. The largest absolute Gasteiger partial charge is 0.494 e. The summed E-state index contributed by atoms with van der Waals surface area (Å²) in [4.78, 5) is 20.7. The smallest absolute Gasteiger partial charge is 0.247 e. The number of amides is 1. The van der Waals surface area contributed by atoms with Gasteiger partial charge in [-0.15, -0.1) is 0 Å². The highest BCUT2D eigenvalue weighted by Crippen LogP contribution is 2.30. The number of carbonyl (C=O) groups is 1. The van der Waals surface area contributed by atoms with Crippen molar-refractivity contribution < 1.29 is 14.4 Å². The van der Waals surface area contributed by atoms with Gasteiger partial charge in [-0.25, -0.2) is 0 Å². The summed E-state index contributed by atoms with van der Waals surface area (Å²) in [6.07, 6.45) is 2.16. The second kappa shape index (κ2) is 10.4. The number of nitrogens with zero attached hydrogens (tertiary/aromatic N) is 2. The third-order valence-corrected chi connectivity index (χ3v) is 5.73. The molecule has 2 aromatic rings. The van der Waals surface area contributed by atoms with Crippen LogP contribution in [0, 0.1) is 11.8 Å². The van der Waals surface area contributed by atoms with Crippen LogP contribution in [0.2, 0.25) is 0 Å². The first-order valence-corrected chi connectivity index (χ1v) is 10.4. The van der Waals surface area contributed by atoms with E-state index in [2.05, 4.69) is 42.2 Å². The van der Waals surface area contributed by atoms with Gasteiger partial charge >= 0.3 is 0 Å². The molecule has 0 unspecified atom stereocenters. The minimum absolute atomic E-state index is 0.151. The lowest BCUT2D eigenvalue weighted by molar-refractivity contribution is -0.125. The predicted molar refractivity (Wildman–Crippen MR) is 116 cm³/mol. The Labute approximate surface area is 174 Å². The third kappa shape index (κ3) is 5.81. The van der Waals surface area contributed by atoms with Gasteiger partial charge in [0.25, 0.3) is 0 Å². The van der Waals surface area contributed by atoms with Crippen molar-refractivity contribution in [2.75, 3.05) is 38.4 Å². The minimum Gasteiger partial charge on any atom is -0.494 e. The first kappa shape index (κ1) is 21.3. The van der Waals surface area contributed by atoms with Gasteiger partial charge < -0.3 is 9.64 Å². The van der Waals surface area contributed by atoms with Gasteiger partial charge in [0.2, 0.25) is 5.91 Å². The standard InChI is InChI=1S/C24H32N2O3/c1-19-17-25(15-13-21-9-5-4-6-10-21)16-14-22(19)18-29-26(20(2)27)23-11-7-8-12-24(23)28-3/h4-12,19,22H,13-18H2,1-3H3/t19-,22-/m0/s1. The zero-order valence-corrected chi connectivity index (χ0v) is 17.7. The van der Waals surface area contributed by atoms with E-state index in [0.717, 1.165) is 32.5 Å². The third-order valence-electron chi connectivity index (χ3n) is 5.73. The number of para-hydroxylation sites is 2. The van der Waals surface area contributed by atoms with Crippen molar-refractivity contribution in [2.24, 2.45) is 11.8 Å². The summed E-state index contributed by atoms with van der Waals surface area (Å²) in [5.74, 6) is 1.43. The average molecular weight is 397 g/mol. The van der Waals surface area contributed by atoms with Crippen molar-refractivity contribution in [3.8, 4) is 5.75 Å². The maximum atomic E-state index is 12.2. The first-order chi connectivity index (χ1) is 14.1. The molecule has 0 saturated carbocycles. The molecule has 1 aliphatic heterocycles. The molecule has 2 atom stereocenters. The highest BCUT2D eigenvalue weighted by atomic mass is 16.7. The molecule has 29 heavy (non-hydrogen) atoms. The fraction of sp³-hybridized carbons (Fsp3) is 0.458. The maximum Gasteiger partial charge on any atom is 0.247 e. The topological polar surface area (TPSA) is 42.0 Å². The number of ether oxygens (including phenoxy) is 1. The van der Waals surface area contributed by atoms with E-state index in [1.165, 1.54) is 17.6 Å². The summed E-state index contributed by atoms with van der Waals surface area (Å²) in [7, 11) is 1.60. The van der Waals surface area contributed by atoms with Gasteiger partial charge in [0.1, 0.15) is 11.4 Å². The van der Waals surface area contributed by atoms with Crippen LogP contribution < -0.4 is 9.80 Å². The SMILES string of the molecule is COc1ccccc1N(OC[C@@H]1CCN(CCc2ccccc2)C[C@@H]1C)C(C)=O. The molecule has 5 nitrogen and oxygen atoms in total. The first-order valence-electron chi connectivity index (χ1n) is 10.4. The van der Waals surface area contributed by atoms with Crippen molar-refractivity contribution >= 4 is 11.6 Å². The van der Waals surface area contributed by atoms with E-state index < -0.39 is 0 Å². The van der Waals surface area contributed by atoms with E-state index in [4.69, 9.17) is 9.57 Å². The van der Waals surface area contributed by atoms with E-state index in [-0.39, 0.29) is 5.91 Å². The molecule has 2 aromatic carbocycles. The predicted octanol–water partition coefficient (Wildman–Crippen LogP) is 4.18. The Hall–Kier alpha value is -2.37. The molecule has 1 amide bonds. The number of carbonyl (C=O) groups excluding carboxylic acids is 1. The minimum atomic E-state index is -0.151. The normalized spacial score (nSPS) is 19.7. The molecule has 1 aliphatic rings. The summed E-state index contributed by atoms with van der Waals surface area (Å²) < 4.78 is 5.39. The molecule has 0 N–H and O–H groups in total. The van der Waals surface area contributed by atoms with E-state index in [1.807, 2.05) is 24.3 Å². The van der Waals surface area contributed by atoms with Crippen LogP contribution in [-0.2, 0) is 16.1 Å². The zero-order valence-electron chi connectivity index (χ0n) is 17.7. The second-order valence-corrected chi connectivity index (χ2v) is 7.84. The number of rotatable bonds is 8. The Morgan fingerprint density at radius 2 is 1.86 bits per heavy atom.